The first-order valence-corrected chi connectivity index (χ1v) is 9.58. The van der Waals surface area contributed by atoms with E-state index < -0.39 is 5.82 Å². The summed E-state index contributed by atoms with van der Waals surface area (Å²) in [5.41, 5.74) is 1.69. The zero-order chi connectivity index (χ0) is 20.1. The second kappa shape index (κ2) is 9.34. The third-order valence-corrected chi connectivity index (χ3v) is 5.30. The normalized spacial score (nSPS) is 19.8. The van der Waals surface area contributed by atoms with Crippen LogP contribution >= 0.6 is 0 Å². The number of aliphatic hydroxyl groups excluding tert-OH is 1. The summed E-state index contributed by atoms with van der Waals surface area (Å²) in [6.07, 6.45) is 2.48. The van der Waals surface area contributed by atoms with Gasteiger partial charge in [-0.25, -0.2) is 8.78 Å². The number of methoxy groups -OCH3 is 1. The largest absolute Gasteiger partial charge is 0.494 e. The Morgan fingerprint density at radius 3 is 2.64 bits per heavy atom. The van der Waals surface area contributed by atoms with Gasteiger partial charge in [-0.15, -0.1) is 0 Å². The van der Waals surface area contributed by atoms with E-state index in [9.17, 15) is 13.9 Å². The van der Waals surface area contributed by atoms with Crippen LogP contribution in [-0.2, 0) is 12.8 Å². The average Bonchev–Trinajstić information content (AvgIpc) is 2.99. The molecule has 1 N–H and O–H groups in total. The zero-order valence-corrected chi connectivity index (χ0v) is 16.3. The molecule has 1 saturated heterocycles. The summed E-state index contributed by atoms with van der Waals surface area (Å²) in [5, 5.41) is 9.74. The molecule has 28 heavy (non-hydrogen) atoms. The lowest BCUT2D eigenvalue weighted by molar-refractivity contribution is 0.182. The second-order valence-electron chi connectivity index (χ2n) is 7.34. The van der Waals surface area contributed by atoms with Crippen molar-refractivity contribution in [1.29, 1.82) is 0 Å². The number of ether oxygens (including phenoxy) is 2. The van der Waals surface area contributed by atoms with E-state index >= 15 is 0 Å². The number of likely N-dealkylation sites (N-methyl/N-ethyl adjacent to an activating group) is 1. The molecule has 1 fully saturated rings. The van der Waals surface area contributed by atoms with Crippen LogP contribution in [0.1, 0.15) is 24.0 Å². The molecule has 1 heterocycles. The van der Waals surface area contributed by atoms with Gasteiger partial charge in [-0.2, -0.15) is 0 Å². The number of rotatable bonds is 8. The first kappa shape index (κ1) is 20.6. The predicted molar refractivity (Wildman–Crippen MR) is 104 cm³/mol. The Morgan fingerprint density at radius 1 is 1.11 bits per heavy atom. The van der Waals surface area contributed by atoms with Gasteiger partial charge in [0, 0.05) is 12.6 Å². The SMILES string of the molecule is COc1cc(CCc2cc(F)ccc2OCCC2CC(O)CN2C)ccc1F. The standard InChI is InChI=1S/C22H27F2NO3/c1-25-14-19(26)13-18(25)9-10-28-21-8-6-17(23)12-16(21)5-3-15-4-7-20(24)22(11-15)27-2/h4,6-8,11-12,18-19,26H,3,5,9-10,13-14H2,1-2H3. The lowest BCUT2D eigenvalue weighted by Gasteiger charge is -2.19. The third-order valence-electron chi connectivity index (χ3n) is 5.30. The van der Waals surface area contributed by atoms with Gasteiger partial charge in [0.05, 0.1) is 19.8 Å². The number of aryl methyl sites for hydroxylation is 2. The van der Waals surface area contributed by atoms with Gasteiger partial charge in [-0.3, -0.25) is 0 Å². The molecule has 1 aliphatic rings. The highest BCUT2D eigenvalue weighted by atomic mass is 19.1. The minimum absolute atomic E-state index is 0.205. The molecule has 152 valence electrons. The van der Waals surface area contributed by atoms with Crippen molar-refractivity contribution >= 4 is 0 Å². The van der Waals surface area contributed by atoms with Crippen LogP contribution in [0.4, 0.5) is 8.78 Å². The van der Waals surface area contributed by atoms with Crippen LogP contribution in [0.3, 0.4) is 0 Å². The molecule has 0 amide bonds. The number of nitrogens with zero attached hydrogens (tertiary/aromatic N) is 1. The Kier molecular flexibility index (Phi) is 6.86. The van der Waals surface area contributed by atoms with Crippen LogP contribution in [-0.4, -0.2) is 49.5 Å². The van der Waals surface area contributed by atoms with E-state index in [1.165, 1.54) is 25.3 Å². The number of hydrogen-bond acceptors (Lipinski definition) is 4. The van der Waals surface area contributed by atoms with Crippen molar-refractivity contribution in [3.8, 4) is 11.5 Å². The van der Waals surface area contributed by atoms with Crippen molar-refractivity contribution in [3.05, 3.63) is 59.2 Å². The molecule has 2 atom stereocenters. The molecule has 0 aliphatic carbocycles. The summed E-state index contributed by atoms with van der Waals surface area (Å²) in [5.74, 6) is 0.161. The molecule has 3 rings (SSSR count). The number of β-amino-alcohol motifs (C(OH)–C–C–N with tert-alkyl or cyclic N) is 1. The molecule has 0 aromatic heterocycles. The summed E-state index contributed by atoms with van der Waals surface area (Å²) in [6.45, 7) is 1.19. The van der Waals surface area contributed by atoms with E-state index in [4.69, 9.17) is 9.47 Å². The van der Waals surface area contributed by atoms with Gasteiger partial charge >= 0.3 is 0 Å². The van der Waals surface area contributed by atoms with Crippen LogP contribution in [0.5, 0.6) is 11.5 Å². The van der Waals surface area contributed by atoms with Crippen molar-refractivity contribution in [2.45, 2.75) is 37.8 Å². The Balaban J connectivity index is 1.60. The molecule has 2 aromatic carbocycles. The smallest absolute Gasteiger partial charge is 0.165 e. The van der Waals surface area contributed by atoms with E-state index in [1.54, 1.807) is 18.2 Å². The highest BCUT2D eigenvalue weighted by molar-refractivity contribution is 5.36. The summed E-state index contributed by atoms with van der Waals surface area (Å²) < 4.78 is 38.3. The molecular weight excluding hydrogens is 364 g/mol. The number of likely N-dealkylation sites (tertiary alicyclic amines) is 1. The number of hydrogen-bond donors (Lipinski definition) is 1. The van der Waals surface area contributed by atoms with Gasteiger partial charge in [0.15, 0.2) is 11.6 Å². The third kappa shape index (κ3) is 5.20. The second-order valence-corrected chi connectivity index (χ2v) is 7.34. The van der Waals surface area contributed by atoms with Gasteiger partial charge in [0.1, 0.15) is 11.6 Å². The Bertz CT molecular complexity index is 799. The molecule has 0 bridgehead atoms. The number of aliphatic hydroxyl groups is 1. The van der Waals surface area contributed by atoms with Crippen molar-refractivity contribution in [2.75, 3.05) is 27.3 Å². The Morgan fingerprint density at radius 2 is 1.93 bits per heavy atom. The highest BCUT2D eigenvalue weighted by Crippen LogP contribution is 2.25. The van der Waals surface area contributed by atoms with E-state index in [2.05, 4.69) is 4.90 Å². The van der Waals surface area contributed by atoms with Crippen LogP contribution in [0, 0.1) is 11.6 Å². The fourth-order valence-corrected chi connectivity index (χ4v) is 3.72. The van der Waals surface area contributed by atoms with Crippen molar-refractivity contribution in [3.63, 3.8) is 0 Å². The van der Waals surface area contributed by atoms with Crippen molar-refractivity contribution < 1.29 is 23.4 Å². The fraction of sp³-hybridized carbons (Fsp3) is 0.455. The fourth-order valence-electron chi connectivity index (χ4n) is 3.72. The number of halogens is 2. The summed E-state index contributed by atoms with van der Waals surface area (Å²) in [6, 6.07) is 9.58. The average molecular weight is 391 g/mol. The monoisotopic (exact) mass is 391 g/mol. The molecular formula is C22H27F2NO3. The number of benzene rings is 2. The van der Waals surface area contributed by atoms with Gasteiger partial charge in [0.2, 0.25) is 0 Å². The summed E-state index contributed by atoms with van der Waals surface area (Å²) in [4.78, 5) is 2.14. The van der Waals surface area contributed by atoms with E-state index in [-0.39, 0.29) is 17.7 Å². The summed E-state index contributed by atoms with van der Waals surface area (Å²) >= 11 is 0. The maximum atomic E-state index is 13.7. The van der Waals surface area contributed by atoms with Crippen molar-refractivity contribution in [2.24, 2.45) is 0 Å². The molecule has 0 spiro atoms. The molecule has 0 radical (unpaired) electrons. The first-order chi connectivity index (χ1) is 13.5. The van der Waals surface area contributed by atoms with E-state index in [0.29, 0.717) is 37.8 Å². The van der Waals surface area contributed by atoms with Gasteiger partial charge in [-0.1, -0.05) is 6.07 Å². The van der Waals surface area contributed by atoms with Crippen molar-refractivity contribution in [1.82, 2.24) is 4.90 Å². The molecule has 0 saturated carbocycles. The molecule has 2 unspecified atom stereocenters. The maximum absolute atomic E-state index is 13.7. The van der Waals surface area contributed by atoms with E-state index in [0.717, 1.165) is 24.0 Å². The van der Waals surface area contributed by atoms with Crippen LogP contribution in [0.15, 0.2) is 36.4 Å². The first-order valence-electron chi connectivity index (χ1n) is 9.58. The zero-order valence-electron chi connectivity index (χ0n) is 16.3. The lowest BCUT2D eigenvalue weighted by atomic mass is 10.0. The van der Waals surface area contributed by atoms with E-state index in [1.807, 2.05) is 7.05 Å². The van der Waals surface area contributed by atoms with Crippen LogP contribution < -0.4 is 9.47 Å². The van der Waals surface area contributed by atoms with Crippen LogP contribution in [0.2, 0.25) is 0 Å². The molecule has 6 heteroatoms. The molecule has 2 aromatic rings. The maximum Gasteiger partial charge on any atom is 0.165 e. The Hall–Kier alpha value is -2.18. The van der Waals surface area contributed by atoms with Gasteiger partial charge < -0.3 is 19.5 Å². The minimum Gasteiger partial charge on any atom is -0.494 e. The molecule has 1 aliphatic heterocycles. The minimum atomic E-state index is -0.400. The van der Waals surface area contributed by atoms with Gasteiger partial charge in [-0.05, 0) is 74.2 Å². The Labute approximate surface area is 164 Å². The lowest BCUT2D eigenvalue weighted by Crippen LogP contribution is -2.26. The van der Waals surface area contributed by atoms with Gasteiger partial charge in [0.25, 0.3) is 0 Å². The topological polar surface area (TPSA) is 41.9 Å². The molecule has 4 nitrogen and oxygen atoms in total. The summed E-state index contributed by atoms with van der Waals surface area (Å²) in [7, 11) is 3.43. The predicted octanol–water partition coefficient (Wildman–Crippen LogP) is 3.59. The quantitative estimate of drug-likeness (QED) is 0.747. The highest BCUT2D eigenvalue weighted by Gasteiger charge is 2.27. The van der Waals surface area contributed by atoms with Crippen LogP contribution in [0.25, 0.3) is 0 Å².